The summed E-state index contributed by atoms with van der Waals surface area (Å²) in [5.41, 5.74) is 16.0. The van der Waals surface area contributed by atoms with E-state index in [9.17, 15) is 33.9 Å². The van der Waals surface area contributed by atoms with Crippen LogP contribution in [0.5, 0.6) is 0 Å². The summed E-state index contributed by atoms with van der Waals surface area (Å²) in [6.45, 7) is 6.93. The summed E-state index contributed by atoms with van der Waals surface area (Å²) in [4.78, 5) is 71.5. The number of nitrogens with one attached hydrogen (secondary N) is 3. The molecule has 5 amide bonds. The molecule has 0 bridgehead atoms. The summed E-state index contributed by atoms with van der Waals surface area (Å²) in [6, 6.07) is -4.91. The Morgan fingerprint density at radius 1 is 0.788 bits per heavy atom. The summed E-state index contributed by atoms with van der Waals surface area (Å²) < 4.78 is 0. The molecule has 13 heteroatoms. The first-order valence-corrected chi connectivity index (χ1v) is 10.6. The smallest absolute Gasteiger partial charge is 0.326 e. The second kappa shape index (κ2) is 14.0. The van der Waals surface area contributed by atoms with Gasteiger partial charge in [-0.25, -0.2) is 4.79 Å². The fraction of sp³-hybridized carbons (Fsp3) is 0.700. The average Bonchev–Trinajstić information content (AvgIpc) is 2.66. The fourth-order valence-electron chi connectivity index (χ4n) is 2.90. The van der Waals surface area contributed by atoms with Gasteiger partial charge in [-0.15, -0.1) is 0 Å². The van der Waals surface area contributed by atoms with Crippen LogP contribution in [0.4, 0.5) is 0 Å². The molecule has 0 aliphatic heterocycles. The zero-order chi connectivity index (χ0) is 25.9. The SMILES string of the molecule is CC(C)CC(N)C(=O)NC(CC(N)=O)C(=O)NC(C(=O)NC(CCC(N)=O)C(=O)O)C(C)C. The molecule has 13 nitrogen and oxygen atoms in total. The first-order chi connectivity index (χ1) is 15.1. The Morgan fingerprint density at radius 2 is 1.33 bits per heavy atom. The van der Waals surface area contributed by atoms with Gasteiger partial charge in [0.15, 0.2) is 0 Å². The van der Waals surface area contributed by atoms with E-state index in [4.69, 9.17) is 17.2 Å². The van der Waals surface area contributed by atoms with E-state index in [2.05, 4.69) is 16.0 Å². The van der Waals surface area contributed by atoms with Gasteiger partial charge < -0.3 is 38.3 Å². The first kappa shape index (κ1) is 29.8. The highest BCUT2D eigenvalue weighted by atomic mass is 16.4. The summed E-state index contributed by atoms with van der Waals surface area (Å²) >= 11 is 0. The number of hydrogen-bond donors (Lipinski definition) is 7. The van der Waals surface area contributed by atoms with Crippen LogP contribution < -0.4 is 33.2 Å². The molecule has 0 saturated heterocycles. The van der Waals surface area contributed by atoms with Gasteiger partial charge in [0.05, 0.1) is 12.5 Å². The van der Waals surface area contributed by atoms with Gasteiger partial charge in [-0.3, -0.25) is 24.0 Å². The maximum Gasteiger partial charge on any atom is 0.326 e. The Morgan fingerprint density at radius 3 is 1.76 bits per heavy atom. The molecule has 0 spiro atoms. The Balaban J connectivity index is 5.43. The lowest BCUT2D eigenvalue weighted by Crippen LogP contribution is -2.59. The molecule has 0 rings (SSSR count). The molecule has 188 valence electrons. The fourth-order valence-corrected chi connectivity index (χ4v) is 2.90. The molecule has 0 aromatic heterocycles. The number of rotatable bonds is 15. The number of carbonyl (C=O) groups is 6. The van der Waals surface area contributed by atoms with Crippen molar-refractivity contribution in [1.82, 2.24) is 16.0 Å². The molecule has 0 aromatic rings. The van der Waals surface area contributed by atoms with E-state index in [1.54, 1.807) is 13.8 Å². The van der Waals surface area contributed by atoms with Crippen LogP contribution in [0.1, 0.15) is 53.4 Å². The van der Waals surface area contributed by atoms with Crippen LogP contribution in [0.3, 0.4) is 0 Å². The Kier molecular flexibility index (Phi) is 12.7. The lowest BCUT2D eigenvalue weighted by molar-refractivity contribution is -0.143. The van der Waals surface area contributed by atoms with E-state index in [-0.39, 0.29) is 18.8 Å². The lowest BCUT2D eigenvalue weighted by Gasteiger charge is -2.27. The highest BCUT2D eigenvalue weighted by molar-refractivity contribution is 5.96. The molecule has 0 aliphatic rings. The number of hydrogen-bond acceptors (Lipinski definition) is 7. The number of carboxylic acids is 1. The highest BCUT2D eigenvalue weighted by Crippen LogP contribution is 2.07. The average molecular weight is 473 g/mol. The molecule has 4 unspecified atom stereocenters. The minimum atomic E-state index is -1.40. The van der Waals surface area contributed by atoms with Crippen molar-refractivity contribution in [2.45, 2.75) is 77.5 Å². The summed E-state index contributed by atoms with van der Waals surface area (Å²) in [5.74, 6) is -5.70. The van der Waals surface area contributed by atoms with Gasteiger partial charge >= 0.3 is 5.97 Å². The van der Waals surface area contributed by atoms with Gasteiger partial charge in [0.1, 0.15) is 18.1 Å². The third-order valence-corrected chi connectivity index (χ3v) is 4.64. The topological polar surface area (TPSA) is 237 Å². The third kappa shape index (κ3) is 11.8. The number of primary amides is 2. The van der Waals surface area contributed by atoms with E-state index >= 15 is 0 Å². The van der Waals surface area contributed by atoms with Gasteiger partial charge in [-0.1, -0.05) is 27.7 Å². The second-order valence-electron chi connectivity index (χ2n) is 8.60. The number of carbonyl (C=O) groups excluding carboxylic acids is 5. The largest absolute Gasteiger partial charge is 0.480 e. The maximum absolute atomic E-state index is 12.8. The van der Waals surface area contributed by atoms with Gasteiger partial charge in [0.25, 0.3) is 0 Å². The quantitative estimate of drug-likeness (QED) is 0.136. The summed E-state index contributed by atoms with van der Waals surface area (Å²) in [5, 5.41) is 16.3. The maximum atomic E-state index is 12.8. The molecule has 0 aliphatic carbocycles. The van der Waals surface area contributed by atoms with Gasteiger partial charge in [-0.05, 0) is 24.7 Å². The molecular weight excluding hydrogens is 436 g/mol. The van der Waals surface area contributed by atoms with Crippen LogP contribution in [0.2, 0.25) is 0 Å². The number of nitrogens with two attached hydrogens (primary N) is 3. The van der Waals surface area contributed by atoms with Crippen LogP contribution in [0, 0.1) is 11.8 Å². The van der Waals surface area contributed by atoms with Gasteiger partial charge in [0.2, 0.25) is 29.5 Å². The van der Waals surface area contributed by atoms with Crippen LogP contribution in [-0.4, -0.2) is 64.8 Å². The molecule has 0 aromatic carbocycles. The van der Waals surface area contributed by atoms with Crippen molar-refractivity contribution >= 4 is 35.5 Å². The van der Waals surface area contributed by atoms with Crippen LogP contribution in [0.15, 0.2) is 0 Å². The van der Waals surface area contributed by atoms with Crippen LogP contribution in [-0.2, 0) is 28.8 Å². The van der Waals surface area contributed by atoms with E-state index < -0.39 is 72.0 Å². The Hall–Kier alpha value is -3.22. The molecule has 0 radical (unpaired) electrons. The minimum absolute atomic E-state index is 0.111. The lowest BCUT2D eigenvalue weighted by atomic mass is 10.0. The second-order valence-corrected chi connectivity index (χ2v) is 8.60. The zero-order valence-electron chi connectivity index (χ0n) is 19.4. The monoisotopic (exact) mass is 472 g/mol. The Bertz CT molecular complexity index is 740. The zero-order valence-corrected chi connectivity index (χ0v) is 19.4. The first-order valence-electron chi connectivity index (χ1n) is 10.6. The van der Waals surface area contributed by atoms with Crippen molar-refractivity contribution in [2.24, 2.45) is 29.0 Å². The summed E-state index contributed by atoms with van der Waals surface area (Å²) in [7, 11) is 0. The molecular formula is C20H36N6O7. The number of aliphatic carboxylic acids is 1. The van der Waals surface area contributed by atoms with Crippen molar-refractivity contribution < 1.29 is 33.9 Å². The predicted octanol–water partition coefficient (Wildman–Crippen LogP) is -2.30. The van der Waals surface area contributed by atoms with E-state index in [1.807, 2.05) is 13.8 Å². The highest BCUT2D eigenvalue weighted by Gasteiger charge is 2.32. The number of carboxylic acid groups (broad SMARTS) is 1. The summed E-state index contributed by atoms with van der Waals surface area (Å²) in [6.07, 6.45) is -0.688. The molecule has 0 heterocycles. The van der Waals surface area contributed by atoms with E-state index in [0.717, 1.165) is 0 Å². The van der Waals surface area contributed by atoms with Crippen LogP contribution in [0.25, 0.3) is 0 Å². The molecule has 0 saturated carbocycles. The van der Waals surface area contributed by atoms with Gasteiger partial charge in [0, 0.05) is 6.42 Å². The third-order valence-electron chi connectivity index (χ3n) is 4.64. The molecule has 0 fully saturated rings. The standard InChI is InChI=1S/C20H36N6O7/c1-9(2)7-11(21)17(29)25-13(8-15(23)28)18(30)26-16(10(3)4)19(31)24-12(20(32)33)5-6-14(22)27/h9-13,16H,5-8,21H2,1-4H3,(H2,22,27)(H2,23,28)(H,24,31)(H,25,29)(H,26,30)(H,32,33). The normalized spacial score (nSPS) is 14.6. The van der Waals surface area contributed by atoms with Crippen molar-refractivity contribution in [3.63, 3.8) is 0 Å². The van der Waals surface area contributed by atoms with Crippen molar-refractivity contribution in [3.05, 3.63) is 0 Å². The molecule has 10 N–H and O–H groups in total. The number of amides is 5. The van der Waals surface area contributed by atoms with Gasteiger partial charge in [-0.2, -0.15) is 0 Å². The minimum Gasteiger partial charge on any atom is -0.480 e. The molecule has 4 atom stereocenters. The molecule has 33 heavy (non-hydrogen) atoms. The predicted molar refractivity (Wildman–Crippen MR) is 118 cm³/mol. The van der Waals surface area contributed by atoms with Crippen LogP contribution >= 0.6 is 0 Å². The Labute approximate surface area is 192 Å². The van der Waals surface area contributed by atoms with E-state index in [0.29, 0.717) is 6.42 Å². The van der Waals surface area contributed by atoms with Crippen molar-refractivity contribution in [2.75, 3.05) is 0 Å². The van der Waals surface area contributed by atoms with Crippen molar-refractivity contribution in [1.29, 1.82) is 0 Å². The van der Waals surface area contributed by atoms with E-state index in [1.165, 1.54) is 0 Å². The van der Waals surface area contributed by atoms with Crippen molar-refractivity contribution in [3.8, 4) is 0 Å².